The van der Waals surface area contributed by atoms with Gasteiger partial charge in [-0.2, -0.15) is 13.2 Å². The molecular formula is C30H30F3N7O. The molecule has 5 rings (SSSR count). The van der Waals surface area contributed by atoms with E-state index in [-0.39, 0.29) is 11.5 Å². The summed E-state index contributed by atoms with van der Waals surface area (Å²) >= 11 is 0. The van der Waals surface area contributed by atoms with Crippen molar-refractivity contribution in [3.8, 4) is 11.3 Å². The molecule has 0 spiro atoms. The third kappa shape index (κ3) is 6.86. The van der Waals surface area contributed by atoms with E-state index in [0.29, 0.717) is 40.8 Å². The Morgan fingerprint density at radius 2 is 1.95 bits per heavy atom. The van der Waals surface area contributed by atoms with Gasteiger partial charge in [-0.3, -0.25) is 14.8 Å². The molecule has 1 atom stereocenters. The van der Waals surface area contributed by atoms with Gasteiger partial charge in [-0.05, 0) is 86.8 Å². The second kappa shape index (κ2) is 12.0. The number of alkyl halides is 3. The van der Waals surface area contributed by atoms with Gasteiger partial charge in [-0.25, -0.2) is 9.97 Å². The number of likely N-dealkylation sites (tertiary alicyclic amines) is 1. The first-order valence-corrected chi connectivity index (χ1v) is 13.4. The molecule has 2 N–H and O–H groups in total. The molecule has 41 heavy (non-hydrogen) atoms. The van der Waals surface area contributed by atoms with E-state index in [1.807, 2.05) is 19.1 Å². The summed E-state index contributed by atoms with van der Waals surface area (Å²) in [6.07, 6.45) is 3.55. The minimum atomic E-state index is -4.57. The van der Waals surface area contributed by atoms with Crippen LogP contribution in [0.15, 0.2) is 67.3 Å². The molecule has 1 fully saturated rings. The Hall–Kier alpha value is -4.38. The quantitative estimate of drug-likeness (QED) is 0.268. The van der Waals surface area contributed by atoms with Crippen LogP contribution in [-0.4, -0.2) is 50.4 Å². The maximum absolute atomic E-state index is 13.8. The molecule has 4 aromatic rings. The van der Waals surface area contributed by atoms with Gasteiger partial charge < -0.3 is 15.5 Å². The summed E-state index contributed by atoms with van der Waals surface area (Å²) in [5.74, 6) is -0.403. The number of aromatic nitrogens is 4. The number of halogens is 3. The molecule has 1 amide bonds. The van der Waals surface area contributed by atoms with Crippen LogP contribution in [0.1, 0.15) is 52.9 Å². The summed E-state index contributed by atoms with van der Waals surface area (Å²) in [4.78, 5) is 32.7. The molecule has 1 aliphatic rings. The van der Waals surface area contributed by atoms with Crippen LogP contribution in [0, 0.1) is 6.92 Å². The van der Waals surface area contributed by atoms with Gasteiger partial charge >= 0.3 is 6.18 Å². The van der Waals surface area contributed by atoms with E-state index in [0.717, 1.165) is 37.6 Å². The lowest BCUT2D eigenvalue weighted by Crippen LogP contribution is -2.34. The number of likely N-dealkylation sites (N-methyl/N-ethyl adjacent to an activating group) is 1. The van der Waals surface area contributed by atoms with Crippen LogP contribution < -0.4 is 10.6 Å². The highest BCUT2D eigenvalue weighted by molar-refractivity contribution is 6.04. The molecule has 1 aromatic carbocycles. The Kier molecular flexibility index (Phi) is 8.25. The molecule has 1 aliphatic heterocycles. The maximum atomic E-state index is 13.8. The number of carbonyl (C=O) groups excluding carboxylic acids is 1. The van der Waals surface area contributed by atoms with Gasteiger partial charge in [0.2, 0.25) is 5.95 Å². The van der Waals surface area contributed by atoms with E-state index in [2.05, 4.69) is 35.5 Å². The number of hydrogen-bond donors (Lipinski definition) is 2. The molecular weight excluding hydrogens is 531 g/mol. The Bertz CT molecular complexity index is 1530. The van der Waals surface area contributed by atoms with Crippen molar-refractivity contribution in [2.24, 2.45) is 0 Å². The average Bonchev–Trinajstić information content (AvgIpc) is 2.99. The molecule has 0 aliphatic carbocycles. The van der Waals surface area contributed by atoms with Gasteiger partial charge in [0.15, 0.2) is 0 Å². The van der Waals surface area contributed by atoms with Gasteiger partial charge in [0, 0.05) is 36.3 Å². The summed E-state index contributed by atoms with van der Waals surface area (Å²) in [6.45, 7) is 6.24. The summed E-state index contributed by atoms with van der Waals surface area (Å²) < 4.78 is 41.4. The zero-order valence-corrected chi connectivity index (χ0v) is 22.7. The zero-order chi connectivity index (χ0) is 29.0. The number of nitrogens with zero attached hydrogens (tertiary/aromatic N) is 5. The number of pyridine rings is 2. The summed E-state index contributed by atoms with van der Waals surface area (Å²) in [6, 6.07) is 10.8. The Morgan fingerprint density at radius 1 is 1.10 bits per heavy atom. The fraction of sp³-hybridized carbons (Fsp3) is 0.300. The topological polar surface area (TPSA) is 95.9 Å². The van der Waals surface area contributed by atoms with Gasteiger partial charge in [0.1, 0.15) is 0 Å². The molecule has 1 saturated heterocycles. The number of nitrogens with one attached hydrogen (secondary N) is 2. The summed E-state index contributed by atoms with van der Waals surface area (Å²) in [5, 5.41) is 5.83. The zero-order valence-electron chi connectivity index (χ0n) is 22.7. The lowest BCUT2D eigenvalue weighted by molar-refractivity contribution is -0.137. The van der Waals surface area contributed by atoms with E-state index in [9.17, 15) is 18.0 Å². The van der Waals surface area contributed by atoms with E-state index in [4.69, 9.17) is 0 Å². The Labute approximate surface area is 236 Å². The lowest BCUT2D eigenvalue weighted by Gasteiger charge is -2.32. The number of hydrogen-bond acceptors (Lipinski definition) is 7. The SMILES string of the molecule is CCN1CCCC(c2cc(C(=O)Nc3cnc(C)c(Nc4nccc(-c5cccnc5)n4)c3)cc(C(F)(F)F)c2)C1. The van der Waals surface area contributed by atoms with Crippen LogP contribution in [0.2, 0.25) is 0 Å². The van der Waals surface area contributed by atoms with Gasteiger partial charge in [-0.1, -0.05) is 6.92 Å². The number of amides is 1. The van der Waals surface area contributed by atoms with Crippen molar-refractivity contribution >= 4 is 23.2 Å². The smallest absolute Gasteiger partial charge is 0.322 e. The van der Waals surface area contributed by atoms with Gasteiger partial charge in [0.05, 0.1) is 34.5 Å². The Balaban J connectivity index is 1.38. The van der Waals surface area contributed by atoms with Crippen molar-refractivity contribution in [3.05, 3.63) is 89.6 Å². The summed E-state index contributed by atoms with van der Waals surface area (Å²) in [5.41, 5.74) is 2.62. The number of rotatable bonds is 7. The van der Waals surface area contributed by atoms with Crippen molar-refractivity contribution in [1.82, 2.24) is 24.8 Å². The Morgan fingerprint density at radius 3 is 2.71 bits per heavy atom. The molecule has 4 heterocycles. The molecule has 212 valence electrons. The molecule has 8 nitrogen and oxygen atoms in total. The van der Waals surface area contributed by atoms with Crippen molar-refractivity contribution < 1.29 is 18.0 Å². The number of aryl methyl sites for hydroxylation is 1. The highest BCUT2D eigenvalue weighted by atomic mass is 19.4. The maximum Gasteiger partial charge on any atom is 0.416 e. The van der Waals surface area contributed by atoms with Crippen molar-refractivity contribution in [1.29, 1.82) is 0 Å². The standard InChI is InChI=1S/C30H30F3N7O/c1-3-40-11-5-7-21(18-40)22-12-23(14-24(13-22)30(31,32)33)28(41)37-25-15-27(19(2)36-17-25)39-29-35-10-8-26(38-29)20-6-4-9-34-16-20/h4,6,8-10,12-17,21H,3,5,7,11,18H2,1-2H3,(H,37,41)(H,35,38,39). The van der Waals surface area contributed by atoms with Crippen LogP contribution >= 0.6 is 0 Å². The molecule has 0 bridgehead atoms. The van der Waals surface area contributed by atoms with Crippen molar-refractivity contribution in [3.63, 3.8) is 0 Å². The molecule has 1 unspecified atom stereocenters. The minimum absolute atomic E-state index is 0.0500. The molecule has 0 saturated carbocycles. The second-order valence-corrected chi connectivity index (χ2v) is 10.0. The first-order chi connectivity index (χ1) is 19.7. The predicted octanol–water partition coefficient (Wildman–Crippen LogP) is 6.46. The third-order valence-electron chi connectivity index (χ3n) is 7.17. The molecule has 0 radical (unpaired) electrons. The highest BCUT2D eigenvalue weighted by Gasteiger charge is 2.33. The number of piperidine rings is 1. The number of anilines is 3. The van der Waals surface area contributed by atoms with Crippen LogP contribution in [0.4, 0.5) is 30.5 Å². The largest absolute Gasteiger partial charge is 0.416 e. The average molecular weight is 562 g/mol. The monoisotopic (exact) mass is 561 g/mol. The van der Waals surface area contributed by atoms with Crippen molar-refractivity contribution in [2.45, 2.75) is 38.8 Å². The minimum Gasteiger partial charge on any atom is -0.322 e. The normalized spacial score (nSPS) is 15.9. The molecule has 3 aromatic heterocycles. The number of carbonyl (C=O) groups is 1. The fourth-order valence-corrected chi connectivity index (χ4v) is 4.94. The van der Waals surface area contributed by atoms with E-state index in [1.165, 1.54) is 12.3 Å². The predicted molar refractivity (Wildman–Crippen MR) is 151 cm³/mol. The van der Waals surface area contributed by atoms with Gasteiger partial charge in [0.25, 0.3) is 5.91 Å². The number of benzene rings is 1. The van der Waals surface area contributed by atoms with E-state index < -0.39 is 17.6 Å². The summed E-state index contributed by atoms with van der Waals surface area (Å²) in [7, 11) is 0. The fourth-order valence-electron chi connectivity index (χ4n) is 4.94. The second-order valence-electron chi connectivity index (χ2n) is 10.0. The highest BCUT2D eigenvalue weighted by Crippen LogP contribution is 2.35. The first-order valence-electron chi connectivity index (χ1n) is 13.4. The molecule has 11 heteroatoms. The first kappa shape index (κ1) is 28.2. The van der Waals surface area contributed by atoms with Crippen LogP contribution in [0.25, 0.3) is 11.3 Å². The lowest BCUT2D eigenvalue weighted by atomic mass is 9.88. The van der Waals surface area contributed by atoms with Gasteiger partial charge in [-0.15, -0.1) is 0 Å². The van der Waals surface area contributed by atoms with Crippen LogP contribution in [0.3, 0.4) is 0 Å². The third-order valence-corrected chi connectivity index (χ3v) is 7.17. The van der Waals surface area contributed by atoms with Crippen LogP contribution in [-0.2, 0) is 6.18 Å². The van der Waals surface area contributed by atoms with E-state index >= 15 is 0 Å². The van der Waals surface area contributed by atoms with Crippen molar-refractivity contribution in [2.75, 3.05) is 30.3 Å². The van der Waals surface area contributed by atoms with E-state index in [1.54, 1.807) is 43.7 Å². The van der Waals surface area contributed by atoms with Crippen LogP contribution in [0.5, 0.6) is 0 Å².